The van der Waals surface area contributed by atoms with Gasteiger partial charge in [-0.25, -0.2) is 14.4 Å². The second kappa shape index (κ2) is 14.6. The summed E-state index contributed by atoms with van der Waals surface area (Å²) in [5, 5.41) is 16.1. The molecule has 14 heteroatoms. The average molecular weight is 684 g/mol. The molecule has 0 aliphatic carbocycles. The number of anilines is 2. The fourth-order valence-electron chi connectivity index (χ4n) is 6.91. The smallest absolute Gasteiger partial charge is 0.274 e. The predicted molar refractivity (Wildman–Crippen MR) is 187 cm³/mol. The standard InChI is InChI=1S/C36H42FN9O4/c1-24(17-45-20-36(37,21-45)22-47)34(48)42-28-3-2-10-44(19-28)18-25-8-9-38-31(15-25)35(49)41-27-6-4-26(5-7-27)30-16-29-32(43-30)39-23-40-33(29)46-11-13-50-14-12-46/h4-9,15-16,23,28,47H,1-3,10-14,17-22H2,(H,41,49)(H,42,48)(H,39,40,43)/t28-/m1/s1. The number of pyridine rings is 1. The number of halogens is 1. The van der Waals surface area contributed by atoms with Crippen LogP contribution >= 0.6 is 0 Å². The maximum Gasteiger partial charge on any atom is 0.274 e. The highest BCUT2D eigenvalue weighted by atomic mass is 19.1. The van der Waals surface area contributed by atoms with Crippen molar-refractivity contribution in [2.24, 2.45) is 0 Å². The SMILES string of the molecule is C=C(CN1CC(F)(CO)C1)C(=O)N[C@@H]1CCCN(Cc2ccnc(C(=O)Nc3ccc(-c4cc5c(N6CCOCC6)ncnc5[nH]4)cc3)c2)C1. The van der Waals surface area contributed by atoms with Gasteiger partial charge in [0.05, 0.1) is 25.2 Å². The molecule has 3 aliphatic rings. The highest BCUT2D eigenvalue weighted by Gasteiger charge is 2.43. The van der Waals surface area contributed by atoms with Crippen LogP contribution in [0.2, 0.25) is 0 Å². The Hall–Kier alpha value is -4.76. The number of fused-ring (bicyclic) bond motifs is 1. The van der Waals surface area contributed by atoms with Crippen LogP contribution < -0.4 is 15.5 Å². The number of aliphatic hydroxyl groups excluding tert-OH is 1. The second-order valence-corrected chi connectivity index (χ2v) is 13.4. The number of hydrogen-bond acceptors (Lipinski definition) is 10. The molecule has 3 aromatic heterocycles. The maximum atomic E-state index is 14.0. The van der Waals surface area contributed by atoms with Gasteiger partial charge in [-0.3, -0.25) is 24.4 Å². The van der Waals surface area contributed by atoms with Gasteiger partial charge in [-0.05, 0) is 60.8 Å². The number of carbonyl (C=O) groups is 2. The van der Waals surface area contributed by atoms with Gasteiger partial charge in [0.25, 0.3) is 5.91 Å². The first-order valence-electron chi connectivity index (χ1n) is 17.0. The summed E-state index contributed by atoms with van der Waals surface area (Å²) >= 11 is 0. The summed E-state index contributed by atoms with van der Waals surface area (Å²) in [4.78, 5) is 48.9. The molecule has 1 atom stereocenters. The number of H-pyrrole nitrogens is 1. The van der Waals surface area contributed by atoms with E-state index in [-0.39, 0.29) is 37.5 Å². The lowest BCUT2D eigenvalue weighted by molar-refractivity contribution is -0.119. The molecule has 0 spiro atoms. The minimum absolute atomic E-state index is 0.0428. The van der Waals surface area contributed by atoms with E-state index in [1.54, 1.807) is 23.5 Å². The number of aromatic amines is 1. The van der Waals surface area contributed by atoms with Gasteiger partial charge in [-0.15, -0.1) is 0 Å². The molecule has 0 unspecified atom stereocenters. The zero-order chi connectivity index (χ0) is 34.7. The lowest BCUT2D eigenvalue weighted by Gasteiger charge is -2.43. The normalized spacial score (nSPS) is 19.6. The van der Waals surface area contributed by atoms with Gasteiger partial charge >= 0.3 is 0 Å². The number of aliphatic hydroxyl groups is 1. The summed E-state index contributed by atoms with van der Waals surface area (Å²) in [5.74, 6) is 0.356. The maximum absolute atomic E-state index is 14.0. The van der Waals surface area contributed by atoms with E-state index in [4.69, 9.17) is 9.84 Å². The summed E-state index contributed by atoms with van der Waals surface area (Å²) < 4.78 is 19.5. The molecule has 4 aromatic rings. The van der Waals surface area contributed by atoms with Gasteiger partial charge in [0.2, 0.25) is 5.91 Å². The van der Waals surface area contributed by atoms with Gasteiger partial charge in [0, 0.05) is 75.0 Å². The Balaban J connectivity index is 0.922. The van der Waals surface area contributed by atoms with Crippen molar-refractivity contribution in [3.8, 4) is 11.3 Å². The van der Waals surface area contributed by atoms with Crippen LogP contribution in [0.1, 0.15) is 28.9 Å². The van der Waals surface area contributed by atoms with Crippen LogP contribution in [0.3, 0.4) is 0 Å². The van der Waals surface area contributed by atoms with Crippen LogP contribution in [0.25, 0.3) is 22.3 Å². The Morgan fingerprint density at radius 1 is 1.06 bits per heavy atom. The number of hydrogen-bond donors (Lipinski definition) is 4. The van der Waals surface area contributed by atoms with Gasteiger partial charge in [-0.1, -0.05) is 18.7 Å². The fourth-order valence-corrected chi connectivity index (χ4v) is 6.91. The van der Waals surface area contributed by atoms with Crippen molar-refractivity contribution in [2.45, 2.75) is 31.1 Å². The van der Waals surface area contributed by atoms with E-state index < -0.39 is 12.3 Å². The Kier molecular flexibility index (Phi) is 9.85. The topological polar surface area (TPSA) is 152 Å². The van der Waals surface area contributed by atoms with Crippen molar-refractivity contribution in [1.82, 2.24) is 35.1 Å². The predicted octanol–water partition coefficient (Wildman–Crippen LogP) is 2.76. The molecule has 6 heterocycles. The third-order valence-corrected chi connectivity index (χ3v) is 9.51. The quantitative estimate of drug-likeness (QED) is 0.174. The molecular formula is C36H42FN9O4. The number of ether oxygens (including phenoxy) is 1. The molecule has 7 rings (SSSR count). The first kappa shape index (κ1) is 33.7. The molecule has 262 valence electrons. The number of alkyl halides is 1. The van der Waals surface area contributed by atoms with E-state index in [9.17, 15) is 14.0 Å². The minimum Gasteiger partial charge on any atom is -0.393 e. The van der Waals surface area contributed by atoms with Crippen molar-refractivity contribution in [3.63, 3.8) is 0 Å². The van der Waals surface area contributed by atoms with Gasteiger partial charge in [-0.2, -0.15) is 0 Å². The Morgan fingerprint density at radius 2 is 1.86 bits per heavy atom. The molecule has 2 amide bonds. The first-order chi connectivity index (χ1) is 24.2. The van der Waals surface area contributed by atoms with Crippen molar-refractivity contribution in [1.29, 1.82) is 0 Å². The Labute approximate surface area is 289 Å². The largest absolute Gasteiger partial charge is 0.393 e. The third-order valence-electron chi connectivity index (χ3n) is 9.51. The first-order valence-corrected chi connectivity index (χ1v) is 17.0. The lowest BCUT2D eigenvalue weighted by atomic mass is 9.96. The molecule has 13 nitrogen and oxygen atoms in total. The molecular weight excluding hydrogens is 641 g/mol. The summed E-state index contributed by atoms with van der Waals surface area (Å²) in [6.07, 6.45) is 4.99. The summed E-state index contributed by atoms with van der Waals surface area (Å²) in [5.41, 5.74) is 3.36. The number of nitrogens with one attached hydrogen (secondary N) is 3. The van der Waals surface area contributed by atoms with E-state index in [1.807, 2.05) is 30.3 Å². The number of benzene rings is 1. The molecule has 0 radical (unpaired) electrons. The Morgan fingerprint density at radius 3 is 2.64 bits per heavy atom. The Bertz CT molecular complexity index is 1850. The van der Waals surface area contributed by atoms with E-state index in [0.717, 1.165) is 66.1 Å². The molecule has 3 aliphatic heterocycles. The molecule has 1 aromatic carbocycles. The van der Waals surface area contributed by atoms with Crippen LogP contribution in [0.5, 0.6) is 0 Å². The van der Waals surface area contributed by atoms with Crippen LogP contribution in [-0.2, 0) is 16.1 Å². The third kappa shape index (κ3) is 7.68. The highest BCUT2D eigenvalue weighted by molar-refractivity contribution is 6.03. The zero-order valence-electron chi connectivity index (χ0n) is 27.9. The van der Waals surface area contributed by atoms with Crippen LogP contribution in [-0.4, -0.2) is 124 Å². The highest BCUT2D eigenvalue weighted by Crippen LogP contribution is 2.30. The van der Waals surface area contributed by atoms with Crippen molar-refractivity contribution in [2.75, 3.05) is 75.9 Å². The van der Waals surface area contributed by atoms with Gasteiger partial charge in [0.1, 0.15) is 23.5 Å². The number of nitrogens with zero attached hydrogens (tertiary/aromatic N) is 6. The number of piperidine rings is 1. The number of morpholine rings is 1. The van der Waals surface area contributed by atoms with Gasteiger partial charge < -0.3 is 30.4 Å². The number of aromatic nitrogens is 4. The van der Waals surface area contributed by atoms with Gasteiger partial charge in [0.15, 0.2) is 5.67 Å². The number of amides is 2. The van der Waals surface area contributed by atoms with Crippen molar-refractivity contribution < 1.29 is 23.8 Å². The van der Waals surface area contributed by atoms with Crippen LogP contribution in [0.15, 0.2) is 67.1 Å². The molecule has 3 saturated heterocycles. The van der Waals surface area contributed by atoms with E-state index in [0.29, 0.717) is 43.3 Å². The number of carbonyl (C=O) groups excluding carboxylic acids is 2. The molecule has 4 N–H and O–H groups in total. The zero-order valence-corrected chi connectivity index (χ0v) is 27.9. The molecule has 3 fully saturated rings. The van der Waals surface area contributed by atoms with Crippen molar-refractivity contribution >= 4 is 34.4 Å². The average Bonchev–Trinajstić information content (AvgIpc) is 3.56. The number of likely N-dealkylation sites (tertiary alicyclic amines) is 2. The monoisotopic (exact) mass is 683 g/mol. The van der Waals surface area contributed by atoms with E-state index in [1.165, 1.54) is 0 Å². The number of rotatable bonds is 11. The molecule has 0 saturated carbocycles. The van der Waals surface area contributed by atoms with E-state index >= 15 is 0 Å². The summed E-state index contributed by atoms with van der Waals surface area (Å²) in [7, 11) is 0. The lowest BCUT2D eigenvalue weighted by Crippen LogP contribution is -2.61. The minimum atomic E-state index is -1.58. The summed E-state index contributed by atoms with van der Waals surface area (Å²) in [6.45, 7) is 8.91. The van der Waals surface area contributed by atoms with Crippen molar-refractivity contribution in [3.05, 3.63) is 78.4 Å². The van der Waals surface area contributed by atoms with Crippen LogP contribution in [0, 0.1) is 0 Å². The fraction of sp³-hybridized carbons (Fsp3) is 0.417. The summed E-state index contributed by atoms with van der Waals surface area (Å²) in [6, 6.07) is 13.3. The second-order valence-electron chi connectivity index (χ2n) is 13.4. The van der Waals surface area contributed by atoms with Crippen LogP contribution in [0.4, 0.5) is 15.9 Å². The molecule has 50 heavy (non-hydrogen) atoms. The van der Waals surface area contributed by atoms with E-state index in [2.05, 4.69) is 53.0 Å². The molecule has 0 bridgehead atoms.